The molecule has 0 saturated carbocycles. The van der Waals surface area contributed by atoms with Crippen LogP contribution < -0.4 is 5.32 Å². The first kappa shape index (κ1) is 19.2. The Morgan fingerprint density at radius 1 is 1.08 bits per heavy atom. The zero-order valence-corrected chi connectivity index (χ0v) is 15.4. The summed E-state index contributed by atoms with van der Waals surface area (Å²) in [4.78, 5) is 37.8. The molecular formula is C20H28N2O3. The molecule has 1 aromatic rings. The monoisotopic (exact) mass is 344 g/mol. The number of fused-ring (bicyclic) bond motifs is 1. The molecule has 2 amide bonds. The van der Waals surface area contributed by atoms with Crippen LogP contribution in [0.5, 0.6) is 0 Å². The number of hydrogen-bond donors (Lipinski definition) is 1. The molecule has 0 saturated heterocycles. The van der Waals surface area contributed by atoms with Gasteiger partial charge in [-0.25, -0.2) is 0 Å². The Labute approximate surface area is 149 Å². The molecule has 2 rings (SSSR count). The van der Waals surface area contributed by atoms with E-state index in [1.807, 2.05) is 37.8 Å². The van der Waals surface area contributed by atoms with Gasteiger partial charge in [0, 0.05) is 31.3 Å². The van der Waals surface area contributed by atoms with E-state index in [2.05, 4.69) is 17.4 Å². The largest absolute Gasteiger partial charge is 0.349 e. The third kappa shape index (κ3) is 5.69. The van der Waals surface area contributed by atoms with Crippen molar-refractivity contribution in [1.82, 2.24) is 10.2 Å². The number of ketones is 1. The lowest BCUT2D eigenvalue weighted by Gasteiger charge is -2.29. The van der Waals surface area contributed by atoms with Crippen molar-refractivity contribution >= 4 is 17.6 Å². The predicted octanol–water partition coefficient (Wildman–Crippen LogP) is 2.47. The predicted molar refractivity (Wildman–Crippen MR) is 96.9 cm³/mol. The van der Waals surface area contributed by atoms with Crippen molar-refractivity contribution in [2.75, 3.05) is 13.1 Å². The van der Waals surface area contributed by atoms with E-state index in [0.29, 0.717) is 19.4 Å². The topological polar surface area (TPSA) is 66.5 Å². The second-order valence-corrected chi connectivity index (χ2v) is 7.64. The van der Waals surface area contributed by atoms with Crippen LogP contribution in [0.15, 0.2) is 24.3 Å². The molecule has 1 heterocycles. The Morgan fingerprint density at radius 3 is 2.44 bits per heavy atom. The van der Waals surface area contributed by atoms with Crippen LogP contribution in [0, 0.1) is 5.41 Å². The Hall–Kier alpha value is -2.17. The van der Waals surface area contributed by atoms with Crippen LogP contribution >= 0.6 is 0 Å². The maximum absolute atomic E-state index is 12.3. The maximum atomic E-state index is 12.3. The number of nitrogens with zero attached hydrogens (tertiary/aromatic N) is 1. The molecule has 1 aliphatic heterocycles. The van der Waals surface area contributed by atoms with Crippen LogP contribution in [-0.4, -0.2) is 35.6 Å². The second-order valence-electron chi connectivity index (χ2n) is 7.64. The van der Waals surface area contributed by atoms with Gasteiger partial charge in [-0.2, -0.15) is 0 Å². The zero-order valence-electron chi connectivity index (χ0n) is 15.4. The normalized spacial score (nSPS) is 14.0. The van der Waals surface area contributed by atoms with E-state index in [1.165, 1.54) is 11.1 Å². The van der Waals surface area contributed by atoms with Crippen LogP contribution in [0.2, 0.25) is 0 Å². The number of benzene rings is 1. The molecule has 5 nitrogen and oxygen atoms in total. The lowest BCUT2D eigenvalue weighted by Crippen LogP contribution is -2.36. The molecule has 0 aliphatic carbocycles. The summed E-state index contributed by atoms with van der Waals surface area (Å²) in [5, 5.41) is 2.64. The van der Waals surface area contributed by atoms with Crippen molar-refractivity contribution in [3.63, 3.8) is 0 Å². The third-order valence-electron chi connectivity index (χ3n) is 4.56. The first-order valence-corrected chi connectivity index (χ1v) is 8.92. The highest BCUT2D eigenvalue weighted by Crippen LogP contribution is 2.19. The quantitative estimate of drug-likeness (QED) is 0.862. The van der Waals surface area contributed by atoms with Crippen LogP contribution in [-0.2, 0) is 27.3 Å². The van der Waals surface area contributed by atoms with Crippen LogP contribution in [0.3, 0.4) is 0 Å². The van der Waals surface area contributed by atoms with E-state index in [4.69, 9.17) is 0 Å². The molecule has 0 unspecified atom stereocenters. The van der Waals surface area contributed by atoms with Gasteiger partial charge in [0.15, 0.2) is 5.78 Å². The minimum absolute atomic E-state index is 0.00362. The van der Waals surface area contributed by atoms with E-state index in [1.54, 1.807) is 0 Å². The van der Waals surface area contributed by atoms with Gasteiger partial charge in [-0.1, -0.05) is 45.0 Å². The molecule has 1 N–H and O–H groups in total. The summed E-state index contributed by atoms with van der Waals surface area (Å²) in [7, 11) is 0. The van der Waals surface area contributed by atoms with Gasteiger partial charge in [0.05, 0.1) is 6.54 Å². The lowest BCUT2D eigenvalue weighted by atomic mass is 9.91. The van der Waals surface area contributed by atoms with Crippen LogP contribution in [0.1, 0.15) is 51.2 Å². The Balaban J connectivity index is 1.69. The summed E-state index contributed by atoms with van der Waals surface area (Å²) >= 11 is 0. The van der Waals surface area contributed by atoms with Crippen molar-refractivity contribution in [3.05, 3.63) is 35.4 Å². The molecule has 25 heavy (non-hydrogen) atoms. The SMILES string of the molecule is CC(C)(C)C(=O)CNC(=O)CCCC(=O)N1CCc2ccccc2C1. The van der Waals surface area contributed by atoms with Gasteiger partial charge in [0.25, 0.3) is 0 Å². The number of Topliss-reactive ketones (excluding diaryl/α,β-unsaturated/α-hetero) is 1. The molecule has 1 aliphatic rings. The van der Waals surface area contributed by atoms with Crippen LogP contribution in [0.25, 0.3) is 0 Å². The number of amides is 2. The lowest BCUT2D eigenvalue weighted by molar-refractivity contribution is -0.132. The average Bonchev–Trinajstić information content (AvgIpc) is 2.58. The third-order valence-corrected chi connectivity index (χ3v) is 4.56. The van der Waals surface area contributed by atoms with E-state index >= 15 is 0 Å². The van der Waals surface area contributed by atoms with Gasteiger partial charge in [-0.15, -0.1) is 0 Å². The minimum Gasteiger partial charge on any atom is -0.349 e. The molecule has 0 atom stereocenters. The first-order valence-electron chi connectivity index (χ1n) is 8.92. The van der Waals surface area contributed by atoms with Crippen molar-refractivity contribution in [3.8, 4) is 0 Å². The maximum Gasteiger partial charge on any atom is 0.222 e. The van der Waals surface area contributed by atoms with Gasteiger partial charge < -0.3 is 10.2 Å². The van der Waals surface area contributed by atoms with Crippen molar-refractivity contribution in [2.45, 2.75) is 53.0 Å². The average molecular weight is 344 g/mol. The van der Waals surface area contributed by atoms with Gasteiger partial charge in [-0.3, -0.25) is 14.4 Å². The van der Waals surface area contributed by atoms with E-state index < -0.39 is 5.41 Å². The summed E-state index contributed by atoms with van der Waals surface area (Å²) in [6.07, 6.45) is 2.03. The van der Waals surface area contributed by atoms with Crippen LogP contribution in [0.4, 0.5) is 0 Å². The zero-order chi connectivity index (χ0) is 18.4. The molecule has 0 aromatic heterocycles. The summed E-state index contributed by atoms with van der Waals surface area (Å²) in [5.41, 5.74) is 2.07. The summed E-state index contributed by atoms with van der Waals surface area (Å²) in [6.45, 7) is 6.94. The van der Waals surface area contributed by atoms with E-state index in [9.17, 15) is 14.4 Å². The number of carbonyl (C=O) groups excluding carboxylic acids is 3. The number of hydrogen-bond acceptors (Lipinski definition) is 3. The van der Waals surface area contributed by atoms with Gasteiger partial charge in [-0.05, 0) is 24.0 Å². The molecule has 0 spiro atoms. The Kier molecular flexibility index (Phi) is 6.34. The van der Waals surface area contributed by atoms with Gasteiger partial charge in [0.1, 0.15) is 0 Å². The number of carbonyl (C=O) groups is 3. The highest BCUT2D eigenvalue weighted by Gasteiger charge is 2.22. The van der Waals surface area contributed by atoms with Gasteiger partial charge in [0.2, 0.25) is 11.8 Å². The Morgan fingerprint density at radius 2 is 1.76 bits per heavy atom. The standard InChI is InChI=1S/C20H28N2O3/c1-20(2,3)17(23)13-21-18(24)9-6-10-19(25)22-12-11-15-7-4-5-8-16(15)14-22/h4-5,7-8H,6,9-14H2,1-3H3,(H,21,24). The Bertz CT molecular complexity index is 647. The van der Waals surface area contributed by atoms with Crippen molar-refractivity contribution < 1.29 is 14.4 Å². The number of nitrogens with one attached hydrogen (secondary N) is 1. The summed E-state index contributed by atoms with van der Waals surface area (Å²) < 4.78 is 0. The van der Waals surface area contributed by atoms with Crippen molar-refractivity contribution in [2.24, 2.45) is 5.41 Å². The molecule has 0 radical (unpaired) electrons. The fourth-order valence-electron chi connectivity index (χ4n) is 2.80. The molecular weight excluding hydrogens is 316 g/mol. The molecule has 136 valence electrons. The fourth-order valence-corrected chi connectivity index (χ4v) is 2.80. The summed E-state index contributed by atoms with van der Waals surface area (Å²) in [5.74, 6) is -0.0774. The van der Waals surface area contributed by atoms with E-state index in [-0.39, 0.29) is 30.6 Å². The van der Waals surface area contributed by atoms with Gasteiger partial charge >= 0.3 is 0 Å². The molecule has 1 aromatic carbocycles. The first-order chi connectivity index (χ1) is 11.8. The molecule has 5 heteroatoms. The second kappa shape index (κ2) is 8.28. The van der Waals surface area contributed by atoms with E-state index in [0.717, 1.165) is 13.0 Å². The molecule has 0 fully saturated rings. The smallest absolute Gasteiger partial charge is 0.222 e. The highest BCUT2D eigenvalue weighted by molar-refractivity contribution is 5.89. The fraction of sp³-hybridized carbons (Fsp3) is 0.550. The van der Waals surface area contributed by atoms with Crippen molar-refractivity contribution in [1.29, 1.82) is 0 Å². The summed E-state index contributed by atoms with van der Waals surface area (Å²) in [6, 6.07) is 8.20. The highest BCUT2D eigenvalue weighted by atomic mass is 16.2. The number of rotatable bonds is 6. The molecule has 0 bridgehead atoms. The minimum atomic E-state index is -0.451.